The molecule has 15 heavy (non-hydrogen) atoms. The van der Waals surface area contributed by atoms with Crippen molar-refractivity contribution < 1.29 is 4.79 Å². The van der Waals surface area contributed by atoms with Crippen molar-refractivity contribution in [2.24, 2.45) is 5.10 Å². The van der Waals surface area contributed by atoms with Gasteiger partial charge in [0.2, 0.25) is 0 Å². The molecule has 0 radical (unpaired) electrons. The van der Waals surface area contributed by atoms with Crippen LogP contribution in [0.1, 0.15) is 13.3 Å². The van der Waals surface area contributed by atoms with Gasteiger partial charge in [-0.3, -0.25) is 5.01 Å². The Morgan fingerprint density at radius 3 is 2.73 bits per heavy atom. The maximum atomic E-state index is 10.9. The number of nitrogens with zero attached hydrogens (tertiary/aromatic N) is 2. The number of hydrogen-bond donors (Lipinski definition) is 0. The highest BCUT2D eigenvalue weighted by atomic mass is 35.5. The van der Waals surface area contributed by atoms with E-state index in [-0.39, 0.29) is 6.04 Å². The maximum Gasteiger partial charge on any atom is 0.144 e. The first kappa shape index (κ1) is 10.2. The predicted molar refractivity (Wildman–Crippen MR) is 61.5 cm³/mol. The van der Waals surface area contributed by atoms with Crippen molar-refractivity contribution in [1.82, 2.24) is 0 Å². The standard InChI is InChI=1S/C11H11ClN2O/c1-8-6-11(7-15)14(13-8)10-4-2-9(12)3-5-10/h2-5,7,11H,6H2,1H3. The molecule has 1 aromatic rings. The summed E-state index contributed by atoms with van der Waals surface area (Å²) in [6, 6.07) is 7.14. The zero-order chi connectivity index (χ0) is 10.8. The highest BCUT2D eigenvalue weighted by Crippen LogP contribution is 2.24. The van der Waals surface area contributed by atoms with E-state index in [1.54, 1.807) is 17.1 Å². The lowest BCUT2D eigenvalue weighted by atomic mass is 10.2. The van der Waals surface area contributed by atoms with Gasteiger partial charge in [0.25, 0.3) is 0 Å². The minimum Gasteiger partial charge on any atom is -0.301 e. The summed E-state index contributed by atoms with van der Waals surface area (Å²) in [6.07, 6.45) is 1.63. The second-order valence-corrected chi connectivity index (χ2v) is 4.00. The van der Waals surface area contributed by atoms with Gasteiger partial charge in [0.1, 0.15) is 12.3 Å². The number of carbonyl (C=O) groups excluding carboxylic acids is 1. The SMILES string of the molecule is CC1=NN(c2ccc(Cl)cc2)C(C=O)C1. The first-order valence-corrected chi connectivity index (χ1v) is 5.12. The number of halogens is 1. The van der Waals surface area contributed by atoms with Crippen LogP contribution in [-0.4, -0.2) is 18.0 Å². The van der Waals surface area contributed by atoms with Gasteiger partial charge < -0.3 is 4.79 Å². The average Bonchev–Trinajstić information content (AvgIpc) is 2.61. The second-order valence-electron chi connectivity index (χ2n) is 3.56. The van der Waals surface area contributed by atoms with Gasteiger partial charge >= 0.3 is 0 Å². The Morgan fingerprint density at radius 1 is 1.47 bits per heavy atom. The molecule has 0 aromatic heterocycles. The molecule has 0 saturated carbocycles. The molecule has 0 amide bonds. The summed E-state index contributed by atoms with van der Waals surface area (Å²) in [5.74, 6) is 0. The Bertz CT molecular complexity index is 400. The number of rotatable bonds is 2. The second kappa shape index (κ2) is 4.03. The first-order chi connectivity index (χ1) is 7.20. The van der Waals surface area contributed by atoms with Crippen LogP contribution in [0, 0.1) is 0 Å². The molecule has 2 rings (SSSR count). The van der Waals surface area contributed by atoms with Gasteiger partial charge in [0.15, 0.2) is 0 Å². The minimum absolute atomic E-state index is 0.175. The van der Waals surface area contributed by atoms with Gasteiger partial charge in [-0.2, -0.15) is 5.10 Å². The largest absolute Gasteiger partial charge is 0.301 e. The van der Waals surface area contributed by atoms with Gasteiger partial charge in [-0.25, -0.2) is 0 Å². The molecule has 1 unspecified atom stereocenters. The Balaban J connectivity index is 2.29. The van der Waals surface area contributed by atoms with Crippen molar-refractivity contribution in [2.75, 3.05) is 5.01 Å². The van der Waals surface area contributed by atoms with E-state index in [1.165, 1.54) is 0 Å². The van der Waals surface area contributed by atoms with Gasteiger partial charge in [-0.15, -0.1) is 0 Å². The highest BCUT2D eigenvalue weighted by molar-refractivity contribution is 6.30. The Morgan fingerprint density at radius 2 is 2.13 bits per heavy atom. The van der Waals surface area contributed by atoms with Crippen molar-refractivity contribution in [3.05, 3.63) is 29.3 Å². The van der Waals surface area contributed by atoms with E-state index < -0.39 is 0 Å². The van der Waals surface area contributed by atoms with Gasteiger partial charge in [0.05, 0.1) is 5.69 Å². The molecular formula is C11H11ClN2O. The fourth-order valence-corrected chi connectivity index (χ4v) is 1.76. The number of carbonyl (C=O) groups is 1. The number of hydrogen-bond acceptors (Lipinski definition) is 3. The molecule has 1 heterocycles. The molecule has 1 aliphatic heterocycles. The lowest BCUT2D eigenvalue weighted by molar-refractivity contribution is -0.108. The molecule has 0 aliphatic carbocycles. The van der Waals surface area contributed by atoms with E-state index in [1.807, 2.05) is 19.1 Å². The van der Waals surface area contributed by atoms with E-state index in [9.17, 15) is 4.79 Å². The van der Waals surface area contributed by atoms with Gasteiger partial charge in [-0.05, 0) is 31.2 Å². The number of hydrazone groups is 1. The topological polar surface area (TPSA) is 32.7 Å². The van der Waals surface area contributed by atoms with E-state index in [2.05, 4.69) is 5.10 Å². The molecule has 3 nitrogen and oxygen atoms in total. The van der Waals surface area contributed by atoms with Crippen LogP contribution in [0.4, 0.5) is 5.69 Å². The summed E-state index contributed by atoms with van der Waals surface area (Å²) < 4.78 is 0. The summed E-state index contributed by atoms with van der Waals surface area (Å²) in [6.45, 7) is 1.92. The van der Waals surface area contributed by atoms with Crippen LogP contribution in [0.25, 0.3) is 0 Å². The van der Waals surface area contributed by atoms with E-state index in [4.69, 9.17) is 11.6 Å². The molecule has 0 spiro atoms. The van der Waals surface area contributed by atoms with E-state index in [0.29, 0.717) is 11.4 Å². The van der Waals surface area contributed by atoms with E-state index in [0.717, 1.165) is 17.7 Å². The van der Waals surface area contributed by atoms with Crippen molar-refractivity contribution in [3.63, 3.8) is 0 Å². The summed E-state index contributed by atoms with van der Waals surface area (Å²) >= 11 is 5.79. The molecule has 0 bridgehead atoms. The van der Waals surface area contributed by atoms with Crippen molar-refractivity contribution in [3.8, 4) is 0 Å². The maximum absolute atomic E-state index is 10.9. The Labute approximate surface area is 93.3 Å². The number of anilines is 1. The molecular weight excluding hydrogens is 212 g/mol. The van der Waals surface area contributed by atoms with Gasteiger partial charge in [-0.1, -0.05) is 11.6 Å². The van der Waals surface area contributed by atoms with Crippen molar-refractivity contribution >= 4 is 29.3 Å². The van der Waals surface area contributed by atoms with Crippen LogP contribution < -0.4 is 5.01 Å². The molecule has 1 aliphatic rings. The molecule has 0 fully saturated rings. The van der Waals surface area contributed by atoms with Crippen LogP contribution in [0.5, 0.6) is 0 Å². The third-order valence-electron chi connectivity index (χ3n) is 2.35. The van der Waals surface area contributed by atoms with E-state index >= 15 is 0 Å². The molecule has 1 aromatic carbocycles. The molecule has 0 saturated heterocycles. The first-order valence-electron chi connectivity index (χ1n) is 4.75. The summed E-state index contributed by atoms with van der Waals surface area (Å²) in [5.41, 5.74) is 1.87. The monoisotopic (exact) mass is 222 g/mol. The molecule has 0 N–H and O–H groups in total. The van der Waals surface area contributed by atoms with Crippen molar-refractivity contribution in [2.45, 2.75) is 19.4 Å². The minimum atomic E-state index is -0.175. The van der Waals surface area contributed by atoms with Crippen LogP contribution >= 0.6 is 11.6 Å². The Kier molecular flexibility index (Phi) is 2.73. The summed E-state index contributed by atoms with van der Waals surface area (Å²) in [7, 11) is 0. The molecule has 4 heteroatoms. The normalized spacial score (nSPS) is 20.3. The van der Waals surface area contributed by atoms with Crippen LogP contribution in [0.3, 0.4) is 0 Å². The third kappa shape index (κ3) is 2.02. The third-order valence-corrected chi connectivity index (χ3v) is 2.60. The smallest absolute Gasteiger partial charge is 0.144 e. The quantitative estimate of drug-likeness (QED) is 0.721. The zero-order valence-corrected chi connectivity index (χ0v) is 9.11. The number of benzene rings is 1. The molecule has 1 atom stereocenters. The Hall–Kier alpha value is -1.35. The predicted octanol–water partition coefficient (Wildman–Crippen LogP) is 2.49. The highest BCUT2D eigenvalue weighted by Gasteiger charge is 2.24. The summed E-state index contributed by atoms with van der Waals surface area (Å²) in [4.78, 5) is 10.9. The fraction of sp³-hybridized carbons (Fsp3) is 0.273. The lowest BCUT2D eigenvalue weighted by Gasteiger charge is -2.18. The van der Waals surface area contributed by atoms with Crippen molar-refractivity contribution in [1.29, 1.82) is 0 Å². The zero-order valence-electron chi connectivity index (χ0n) is 8.35. The fourth-order valence-electron chi connectivity index (χ4n) is 1.64. The van der Waals surface area contributed by atoms with Crippen LogP contribution in [-0.2, 0) is 4.79 Å². The van der Waals surface area contributed by atoms with Crippen LogP contribution in [0.2, 0.25) is 5.02 Å². The summed E-state index contributed by atoms with van der Waals surface area (Å²) in [5, 5.41) is 6.73. The number of aldehydes is 1. The van der Waals surface area contributed by atoms with Crippen LogP contribution in [0.15, 0.2) is 29.4 Å². The lowest BCUT2D eigenvalue weighted by Crippen LogP contribution is -2.27. The molecule has 78 valence electrons. The van der Waals surface area contributed by atoms with Gasteiger partial charge in [0, 0.05) is 17.2 Å². The average molecular weight is 223 g/mol.